The van der Waals surface area contributed by atoms with Gasteiger partial charge < -0.3 is 4.74 Å². The fourth-order valence-electron chi connectivity index (χ4n) is 1.89. The van der Waals surface area contributed by atoms with Crippen LogP contribution in [0.2, 0.25) is 0 Å². The number of aromatic nitrogens is 2. The van der Waals surface area contributed by atoms with E-state index in [9.17, 15) is 4.79 Å². The van der Waals surface area contributed by atoms with Gasteiger partial charge in [0.15, 0.2) is 5.16 Å². The van der Waals surface area contributed by atoms with Gasteiger partial charge in [0, 0.05) is 5.69 Å². The van der Waals surface area contributed by atoms with Crippen LogP contribution in [0.1, 0.15) is 18.2 Å². The van der Waals surface area contributed by atoms with Crippen molar-refractivity contribution < 1.29 is 9.53 Å². The normalized spacial score (nSPS) is 11.3. The largest absolute Gasteiger partial charge is 0.497 e. The summed E-state index contributed by atoms with van der Waals surface area (Å²) in [6.07, 6.45) is 1.92. The molecule has 0 saturated heterocycles. The summed E-state index contributed by atoms with van der Waals surface area (Å²) < 4.78 is 5.12. The molecule has 1 amide bonds. The van der Waals surface area contributed by atoms with Crippen molar-refractivity contribution in [1.29, 1.82) is 0 Å². The average molecular weight is 377 g/mol. The number of amides is 1. The highest BCUT2D eigenvalue weighted by Crippen LogP contribution is 2.19. The van der Waals surface area contributed by atoms with Crippen LogP contribution in [0.4, 0.5) is 0 Å². The summed E-state index contributed by atoms with van der Waals surface area (Å²) in [6, 6.07) is 9.36. The zero-order chi connectivity index (χ0) is 18.2. The van der Waals surface area contributed by atoms with Gasteiger partial charge in [-0.2, -0.15) is 5.10 Å². The zero-order valence-electron chi connectivity index (χ0n) is 14.6. The first-order valence-corrected chi connectivity index (χ1v) is 9.73. The van der Waals surface area contributed by atoms with E-state index >= 15 is 0 Å². The maximum absolute atomic E-state index is 12.0. The van der Waals surface area contributed by atoms with E-state index in [2.05, 4.69) is 20.5 Å². The average Bonchev–Trinajstić information content (AvgIpc) is 2.64. The smallest absolute Gasteiger partial charge is 0.250 e. The van der Waals surface area contributed by atoms with Gasteiger partial charge in [0.2, 0.25) is 5.91 Å². The van der Waals surface area contributed by atoms with E-state index in [0.717, 1.165) is 27.7 Å². The lowest BCUT2D eigenvalue weighted by Gasteiger charge is -2.05. The molecule has 0 aliphatic rings. The molecule has 8 heteroatoms. The van der Waals surface area contributed by atoms with E-state index in [-0.39, 0.29) is 11.7 Å². The summed E-state index contributed by atoms with van der Waals surface area (Å²) in [6.45, 7) is 3.75. The van der Waals surface area contributed by atoms with E-state index in [4.69, 9.17) is 4.74 Å². The molecular formula is C17H20N4O2S2. The Bertz CT molecular complexity index is 764. The third kappa shape index (κ3) is 6.06. The maximum atomic E-state index is 12.0. The molecule has 1 heterocycles. The molecule has 0 aliphatic carbocycles. The molecule has 1 aromatic carbocycles. The number of hydrazone groups is 1. The van der Waals surface area contributed by atoms with Crippen molar-refractivity contribution in [2.45, 2.75) is 24.0 Å². The third-order valence-corrected chi connectivity index (χ3v) is 4.66. The number of carbonyl (C=O) groups is 1. The number of benzene rings is 1. The summed E-state index contributed by atoms with van der Waals surface area (Å²) in [7, 11) is 1.62. The second-order valence-electron chi connectivity index (χ2n) is 5.08. The first kappa shape index (κ1) is 19.3. The number of rotatable bonds is 7. The topological polar surface area (TPSA) is 76.5 Å². The Hall–Kier alpha value is -2.06. The lowest BCUT2D eigenvalue weighted by atomic mass is 10.1. The second kappa shape index (κ2) is 9.43. The number of thioether (sulfide) groups is 2. The zero-order valence-corrected chi connectivity index (χ0v) is 16.2. The predicted molar refractivity (Wildman–Crippen MR) is 103 cm³/mol. The minimum absolute atomic E-state index is 0.181. The number of nitrogens with one attached hydrogen (secondary N) is 1. The molecule has 0 atom stereocenters. The Morgan fingerprint density at radius 1 is 1.28 bits per heavy atom. The number of hydrogen-bond donors (Lipinski definition) is 1. The maximum Gasteiger partial charge on any atom is 0.250 e. The fraction of sp³-hybridized carbons (Fsp3) is 0.294. The first-order valence-electron chi connectivity index (χ1n) is 7.52. The Kier molecular flexibility index (Phi) is 7.27. The van der Waals surface area contributed by atoms with Crippen molar-refractivity contribution in [3.8, 4) is 5.75 Å². The van der Waals surface area contributed by atoms with Gasteiger partial charge in [0.05, 0.1) is 18.6 Å². The van der Waals surface area contributed by atoms with Crippen LogP contribution < -0.4 is 10.2 Å². The second-order valence-corrected chi connectivity index (χ2v) is 6.85. The fourth-order valence-corrected chi connectivity index (χ4v) is 3.12. The van der Waals surface area contributed by atoms with Gasteiger partial charge in [0.25, 0.3) is 0 Å². The van der Waals surface area contributed by atoms with Gasteiger partial charge in [-0.25, -0.2) is 15.4 Å². The van der Waals surface area contributed by atoms with Crippen LogP contribution in [0.25, 0.3) is 0 Å². The molecular weight excluding hydrogens is 356 g/mol. The number of aryl methyl sites for hydroxylation is 1. The molecule has 0 spiro atoms. The van der Waals surface area contributed by atoms with Crippen molar-refractivity contribution in [3.05, 3.63) is 41.6 Å². The highest BCUT2D eigenvalue weighted by molar-refractivity contribution is 8.00. The summed E-state index contributed by atoms with van der Waals surface area (Å²) in [5.74, 6) is 0.838. The van der Waals surface area contributed by atoms with Gasteiger partial charge >= 0.3 is 0 Å². The van der Waals surface area contributed by atoms with E-state index < -0.39 is 0 Å². The molecule has 0 saturated carbocycles. The predicted octanol–water partition coefficient (Wildman–Crippen LogP) is 3.15. The van der Waals surface area contributed by atoms with Gasteiger partial charge in [-0.3, -0.25) is 4.79 Å². The third-order valence-electron chi connectivity index (χ3n) is 3.20. The van der Waals surface area contributed by atoms with E-state index in [1.807, 2.05) is 50.4 Å². The highest BCUT2D eigenvalue weighted by atomic mass is 32.2. The number of nitrogens with zero attached hydrogens (tertiary/aromatic N) is 3. The van der Waals surface area contributed by atoms with Crippen molar-refractivity contribution in [1.82, 2.24) is 15.4 Å². The van der Waals surface area contributed by atoms with Gasteiger partial charge in [0.1, 0.15) is 10.8 Å². The van der Waals surface area contributed by atoms with Crippen LogP contribution in [0, 0.1) is 6.92 Å². The molecule has 132 valence electrons. The van der Waals surface area contributed by atoms with Crippen molar-refractivity contribution in [2.24, 2.45) is 5.10 Å². The Labute approximate surface area is 155 Å². The van der Waals surface area contributed by atoms with E-state index in [1.165, 1.54) is 23.5 Å². The molecule has 0 unspecified atom stereocenters. The van der Waals surface area contributed by atoms with E-state index in [1.54, 1.807) is 7.11 Å². The summed E-state index contributed by atoms with van der Waals surface area (Å²) in [5, 5.41) is 5.62. The van der Waals surface area contributed by atoms with Crippen LogP contribution in [0.5, 0.6) is 5.75 Å². The standard InChI is InChI=1S/C17H20N4O2S2/c1-11-9-16(19-17(18-11)24-4)25-10-15(22)21-20-12(2)13-5-7-14(23-3)8-6-13/h5-9H,10H2,1-4H3,(H,21,22). The van der Waals surface area contributed by atoms with Crippen molar-refractivity contribution >= 4 is 35.1 Å². The molecule has 2 rings (SSSR count). The molecule has 6 nitrogen and oxygen atoms in total. The minimum atomic E-state index is -0.181. The number of carbonyl (C=O) groups excluding carboxylic acids is 1. The molecule has 0 bridgehead atoms. The molecule has 2 aromatic rings. The lowest BCUT2D eigenvalue weighted by Crippen LogP contribution is -2.21. The van der Waals surface area contributed by atoms with Gasteiger partial charge in [-0.15, -0.1) is 0 Å². The lowest BCUT2D eigenvalue weighted by molar-refractivity contribution is -0.118. The Balaban J connectivity index is 1.90. The van der Waals surface area contributed by atoms with Crippen LogP contribution in [0.3, 0.4) is 0 Å². The van der Waals surface area contributed by atoms with E-state index in [0.29, 0.717) is 5.16 Å². The number of ether oxygens (including phenoxy) is 1. The SMILES string of the molecule is COc1ccc(C(C)=NNC(=O)CSc2cc(C)nc(SC)n2)cc1. The summed E-state index contributed by atoms with van der Waals surface area (Å²) in [5.41, 5.74) is 5.10. The summed E-state index contributed by atoms with van der Waals surface area (Å²) in [4.78, 5) is 20.6. The van der Waals surface area contributed by atoms with Crippen LogP contribution in [-0.2, 0) is 4.79 Å². The molecule has 1 N–H and O–H groups in total. The molecule has 25 heavy (non-hydrogen) atoms. The monoisotopic (exact) mass is 376 g/mol. The highest BCUT2D eigenvalue weighted by Gasteiger charge is 2.06. The first-order chi connectivity index (χ1) is 12.0. The van der Waals surface area contributed by atoms with Crippen molar-refractivity contribution in [3.63, 3.8) is 0 Å². The van der Waals surface area contributed by atoms with Crippen LogP contribution in [-0.4, -0.2) is 40.7 Å². The molecule has 0 radical (unpaired) electrons. The quantitative estimate of drug-likeness (QED) is 0.263. The van der Waals surface area contributed by atoms with Crippen LogP contribution >= 0.6 is 23.5 Å². The summed E-state index contributed by atoms with van der Waals surface area (Å²) >= 11 is 2.84. The van der Waals surface area contributed by atoms with Gasteiger partial charge in [-0.1, -0.05) is 23.5 Å². The minimum Gasteiger partial charge on any atom is -0.497 e. The Morgan fingerprint density at radius 3 is 2.64 bits per heavy atom. The molecule has 0 aliphatic heterocycles. The molecule has 1 aromatic heterocycles. The number of hydrogen-bond acceptors (Lipinski definition) is 7. The number of methoxy groups -OCH3 is 1. The van der Waals surface area contributed by atoms with Gasteiger partial charge in [-0.05, 0) is 56.0 Å². The Morgan fingerprint density at radius 2 is 2.00 bits per heavy atom. The van der Waals surface area contributed by atoms with Crippen LogP contribution in [0.15, 0.2) is 45.6 Å². The van der Waals surface area contributed by atoms with Crippen molar-refractivity contribution in [2.75, 3.05) is 19.1 Å². The molecule has 0 fully saturated rings.